The molecule has 1 amide bonds. The highest BCUT2D eigenvalue weighted by Crippen LogP contribution is 2.35. The quantitative estimate of drug-likeness (QED) is 0.613. The maximum Gasteiger partial charge on any atom is 0.285 e. The Morgan fingerprint density at radius 2 is 1.61 bits per heavy atom. The lowest BCUT2D eigenvalue weighted by molar-refractivity contribution is -0.111. The van der Waals surface area contributed by atoms with Crippen LogP contribution in [-0.4, -0.2) is 16.8 Å². The van der Waals surface area contributed by atoms with Crippen LogP contribution in [-0.2, 0) is 4.79 Å². The number of fused-ring (bicyclic) bond motifs is 1. The smallest absolute Gasteiger partial charge is 0.285 e. The van der Waals surface area contributed by atoms with Crippen molar-refractivity contribution < 1.29 is 10.0 Å². The lowest BCUT2D eigenvalue weighted by atomic mass is 10.1. The molecule has 3 rings (SSSR count). The normalized spacial score (nSPS) is 16.1. The number of hydrogen-bond donors (Lipinski definition) is 1. The highest BCUT2D eigenvalue weighted by atomic mass is 16.4. The summed E-state index contributed by atoms with van der Waals surface area (Å²) < 4.78 is 0. The molecule has 2 aromatic rings. The first-order valence-corrected chi connectivity index (χ1v) is 5.54. The van der Waals surface area contributed by atoms with Crippen molar-refractivity contribution in [2.75, 3.05) is 4.90 Å². The van der Waals surface area contributed by atoms with E-state index in [9.17, 15) is 4.79 Å². The standard InChI is InChI=1S/C14H10N2O2/c17-14-13(15-18)11-8-4-5-9-12(11)16(14)10-6-2-1-3-7-10/h1-9,18H. The van der Waals surface area contributed by atoms with Crippen molar-refractivity contribution in [3.8, 4) is 0 Å². The van der Waals surface area contributed by atoms with E-state index in [-0.39, 0.29) is 11.6 Å². The number of para-hydroxylation sites is 2. The van der Waals surface area contributed by atoms with Gasteiger partial charge in [0.15, 0.2) is 5.71 Å². The zero-order valence-electron chi connectivity index (χ0n) is 9.45. The summed E-state index contributed by atoms with van der Waals surface area (Å²) in [6, 6.07) is 16.6. The summed E-state index contributed by atoms with van der Waals surface area (Å²) in [5, 5.41) is 12.1. The first-order valence-electron chi connectivity index (χ1n) is 5.54. The summed E-state index contributed by atoms with van der Waals surface area (Å²) in [6.07, 6.45) is 0. The third-order valence-electron chi connectivity index (χ3n) is 2.92. The van der Waals surface area contributed by atoms with Crippen molar-refractivity contribution in [3.05, 3.63) is 60.2 Å². The van der Waals surface area contributed by atoms with Crippen molar-refractivity contribution in [3.63, 3.8) is 0 Å². The maximum atomic E-state index is 12.2. The van der Waals surface area contributed by atoms with Crippen LogP contribution in [0.2, 0.25) is 0 Å². The molecule has 0 unspecified atom stereocenters. The second-order valence-corrected chi connectivity index (χ2v) is 3.94. The molecule has 0 atom stereocenters. The van der Waals surface area contributed by atoms with E-state index < -0.39 is 0 Å². The summed E-state index contributed by atoms with van der Waals surface area (Å²) in [4.78, 5) is 13.8. The van der Waals surface area contributed by atoms with Gasteiger partial charge in [0.2, 0.25) is 0 Å². The Hall–Kier alpha value is -2.62. The van der Waals surface area contributed by atoms with Crippen LogP contribution < -0.4 is 4.90 Å². The van der Waals surface area contributed by atoms with Gasteiger partial charge in [0.05, 0.1) is 5.69 Å². The summed E-state index contributed by atoms with van der Waals surface area (Å²) in [7, 11) is 0. The Morgan fingerprint density at radius 3 is 2.33 bits per heavy atom. The van der Waals surface area contributed by atoms with E-state index in [0.29, 0.717) is 5.56 Å². The molecule has 18 heavy (non-hydrogen) atoms. The van der Waals surface area contributed by atoms with Crippen LogP contribution in [0.1, 0.15) is 5.56 Å². The SMILES string of the molecule is O=C1C(=NO)c2ccccc2N1c1ccccc1. The van der Waals surface area contributed by atoms with E-state index in [2.05, 4.69) is 5.16 Å². The Kier molecular flexibility index (Phi) is 2.34. The van der Waals surface area contributed by atoms with Crippen molar-refractivity contribution in [1.82, 2.24) is 0 Å². The summed E-state index contributed by atoms with van der Waals surface area (Å²) >= 11 is 0. The number of oxime groups is 1. The molecule has 1 aliphatic heterocycles. The van der Waals surface area contributed by atoms with Gasteiger partial charge in [-0.25, -0.2) is 0 Å². The van der Waals surface area contributed by atoms with Crippen molar-refractivity contribution in [1.29, 1.82) is 0 Å². The predicted octanol–water partition coefficient (Wildman–Crippen LogP) is 2.54. The molecule has 4 nitrogen and oxygen atoms in total. The highest BCUT2D eigenvalue weighted by Gasteiger charge is 2.35. The molecule has 0 saturated carbocycles. The average molecular weight is 238 g/mol. The van der Waals surface area contributed by atoms with Gasteiger partial charge in [0.1, 0.15) is 0 Å². The molecule has 0 aromatic heterocycles. The number of anilines is 2. The van der Waals surface area contributed by atoms with Crippen LogP contribution in [0.25, 0.3) is 0 Å². The third kappa shape index (κ3) is 1.39. The monoisotopic (exact) mass is 238 g/mol. The minimum atomic E-state index is -0.315. The van der Waals surface area contributed by atoms with Crippen molar-refractivity contribution >= 4 is 23.0 Å². The number of carbonyl (C=O) groups is 1. The van der Waals surface area contributed by atoms with Crippen LogP contribution in [0.3, 0.4) is 0 Å². The van der Waals surface area contributed by atoms with Crippen LogP contribution in [0.5, 0.6) is 0 Å². The largest absolute Gasteiger partial charge is 0.410 e. The Bertz CT molecular complexity index is 635. The van der Waals surface area contributed by atoms with Crippen molar-refractivity contribution in [2.45, 2.75) is 0 Å². The summed E-state index contributed by atoms with van der Waals surface area (Å²) in [6.45, 7) is 0. The Labute approximate surface area is 104 Å². The molecule has 0 spiro atoms. The molecule has 1 heterocycles. The number of amides is 1. The van der Waals surface area contributed by atoms with Gasteiger partial charge >= 0.3 is 0 Å². The Balaban J connectivity index is 2.21. The third-order valence-corrected chi connectivity index (χ3v) is 2.92. The average Bonchev–Trinajstić information content (AvgIpc) is 2.71. The van der Waals surface area contributed by atoms with E-state index in [1.807, 2.05) is 48.5 Å². The van der Waals surface area contributed by atoms with Gasteiger partial charge in [0, 0.05) is 11.3 Å². The Morgan fingerprint density at radius 1 is 0.944 bits per heavy atom. The van der Waals surface area contributed by atoms with Gasteiger partial charge in [-0.15, -0.1) is 0 Å². The molecule has 88 valence electrons. The molecule has 0 radical (unpaired) electrons. The lowest BCUT2D eigenvalue weighted by Crippen LogP contribution is -2.25. The number of nitrogens with zero attached hydrogens (tertiary/aromatic N) is 2. The second kappa shape index (κ2) is 4.00. The highest BCUT2D eigenvalue weighted by molar-refractivity contribution is 6.55. The molecule has 0 bridgehead atoms. The predicted molar refractivity (Wildman–Crippen MR) is 68.4 cm³/mol. The zero-order valence-corrected chi connectivity index (χ0v) is 9.45. The fourth-order valence-corrected chi connectivity index (χ4v) is 2.13. The van der Waals surface area contributed by atoms with Gasteiger partial charge in [0.25, 0.3) is 5.91 Å². The molecule has 0 fully saturated rings. The van der Waals surface area contributed by atoms with E-state index in [1.165, 1.54) is 0 Å². The first-order chi connectivity index (χ1) is 8.83. The van der Waals surface area contributed by atoms with Gasteiger partial charge in [-0.05, 0) is 18.2 Å². The number of benzene rings is 2. The topological polar surface area (TPSA) is 52.9 Å². The number of rotatable bonds is 1. The van der Waals surface area contributed by atoms with Crippen LogP contribution >= 0.6 is 0 Å². The van der Waals surface area contributed by atoms with E-state index in [0.717, 1.165) is 11.4 Å². The molecule has 0 aliphatic carbocycles. The minimum absolute atomic E-state index is 0.0782. The van der Waals surface area contributed by atoms with Gasteiger partial charge in [-0.1, -0.05) is 41.6 Å². The number of carbonyl (C=O) groups excluding carboxylic acids is 1. The second-order valence-electron chi connectivity index (χ2n) is 3.94. The molecule has 4 heteroatoms. The zero-order chi connectivity index (χ0) is 12.5. The minimum Gasteiger partial charge on any atom is -0.410 e. The molecule has 1 N–H and O–H groups in total. The van der Waals surface area contributed by atoms with E-state index >= 15 is 0 Å². The fraction of sp³-hybridized carbons (Fsp3) is 0. The lowest BCUT2D eigenvalue weighted by Gasteiger charge is -2.16. The molecule has 1 aliphatic rings. The van der Waals surface area contributed by atoms with E-state index in [4.69, 9.17) is 5.21 Å². The maximum absolute atomic E-state index is 12.2. The van der Waals surface area contributed by atoms with Gasteiger partial charge < -0.3 is 5.21 Å². The summed E-state index contributed by atoms with van der Waals surface area (Å²) in [5.74, 6) is -0.315. The summed E-state index contributed by atoms with van der Waals surface area (Å²) in [5.41, 5.74) is 2.22. The molecule has 0 saturated heterocycles. The first kappa shape index (κ1) is 10.5. The number of hydrogen-bond acceptors (Lipinski definition) is 3. The van der Waals surface area contributed by atoms with Gasteiger partial charge in [-0.2, -0.15) is 0 Å². The van der Waals surface area contributed by atoms with Crippen LogP contribution in [0.4, 0.5) is 11.4 Å². The van der Waals surface area contributed by atoms with Gasteiger partial charge in [-0.3, -0.25) is 9.69 Å². The fourth-order valence-electron chi connectivity index (χ4n) is 2.13. The van der Waals surface area contributed by atoms with E-state index in [1.54, 1.807) is 11.0 Å². The molecular weight excluding hydrogens is 228 g/mol. The van der Waals surface area contributed by atoms with Crippen LogP contribution in [0, 0.1) is 0 Å². The van der Waals surface area contributed by atoms with Crippen LogP contribution in [0.15, 0.2) is 59.8 Å². The molecule has 2 aromatic carbocycles. The molecular formula is C14H10N2O2. The van der Waals surface area contributed by atoms with Crippen molar-refractivity contribution in [2.24, 2.45) is 5.16 Å².